The van der Waals surface area contributed by atoms with E-state index in [1.807, 2.05) is 24.3 Å². The molecule has 2 aliphatic rings. The first-order valence-electron chi connectivity index (χ1n) is 8.56. The van der Waals surface area contributed by atoms with Crippen LogP contribution in [0.25, 0.3) is 12.2 Å². The van der Waals surface area contributed by atoms with Gasteiger partial charge in [-0.05, 0) is 58.7 Å². The van der Waals surface area contributed by atoms with E-state index < -0.39 is 0 Å². The molecule has 2 aromatic rings. The smallest absolute Gasteiger partial charge is 0.224 e. The zero-order chi connectivity index (χ0) is 17.6. The summed E-state index contributed by atoms with van der Waals surface area (Å²) in [5.41, 5.74) is 5.32. The highest BCUT2D eigenvalue weighted by Gasteiger charge is 2.37. The number of fused-ring (bicyclic) bond motifs is 2. The van der Waals surface area contributed by atoms with Crippen molar-refractivity contribution in [2.24, 2.45) is 5.92 Å². The normalized spacial score (nSPS) is 21.2. The monoisotopic (exact) mass is 353 g/mol. The maximum absolute atomic E-state index is 12.3. The van der Waals surface area contributed by atoms with Crippen molar-refractivity contribution < 1.29 is 9.90 Å². The predicted octanol–water partition coefficient (Wildman–Crippen LogP) is 4.47. The molecule has 1 N–H and O–H groups in total. The first-order chi connectivity index (χ1) is 12.1. The predicted molar refractivity (Wildman–Crippen MR) is 102 cm³/mol. The molecule has 25 heavy (non-hydrogen) atoms. The minimum Gasteiger partial charge on any atom is -0.396 e. The Bertz CT molecular complexity index is 874. The molecule has 1 heterocycles. The Morgan fingerprint density at radius 1 is 1.20 bits per heavy atom. The lowest BCUT2D eigenvalue weighted by atomic mass is 9.97. The van der Waals surface area contributed by atoms with Crippen LogP contribution < -0.4 is 4.90 Å². The van der Waals surface area contributed by atoms with Crippen LogP contribution in [0.3, 0.4) is 0 Å². The average molecular weight is 354 g/mol. The van der Waals surface area contributed by atoms with Gasteiger partial charge in [0, 0.05) is 18.6 Å². The summed E-state index contributed by atoms with van der Waals surface area (Å²) in [7, 11) is 0. The largest absolute Gasteiger partial charge is 0.396 e. The van der Waals surface area contributed by atoms with Gasteiger partial charge in [-0.3, -0.25) is 4.79 Å². The number of aliphatic hydroxyl groups is 1. The van der Waals surface area contributed by atoms with Crippen LogP contribution in [0, 0.1) is 5.92 Å². The van der Waals surface area contributed by atoms with E-state index in [1.54, 1.807) is 11.8 Å². The highest BCUT2D eigenvalue weighted by molar-refractivity contribution is 6.30. The molecular weight excluding hydrogens is 334 g/mol. The molecular formula is C21H20ClNO2. The molecule has 1 aliphatic heterocycles. The summed E-state index contributed by atoms with van der Waals surface area (Å²) in [5, 5.41) is 9.99. The van der Waals surface area contributed by atoms with Gasteiger partial charge >= 0.3 is 0 Å². The van der Waals surface area contributed by atoms with E-state index in [0.717, 1.165) is 28.8 Å². The molecule has 4 heteroatoms. The quantitative estimate of drug-likeness (QED) is 0.865. The number of benzene rings is 2. The lowest BCUT2D eigenvalue weighted by Gasteiger charge is -2.26. The Hall–Kier alpha value is -2.10. The van der Waals surface area contributed by atoms with E-state index in [4.69, 9.17) is 11.6 Å². The van der Waals surface area contributed by atoms with Crippen molar-refractivity contribution in [3.05, 3.63) is 63.7 Å². The fraction of sp³-hybridized carbons (Fsp3) is 0.286. The SMILES string of the molecule is CC(=O)N1Cc2cc([C@@H]3C[C@@H]3CO)ccc2C=Cc2cc(Cl)ccc21. The highest BCUT2D eigenvalue weighted by Crippen LogP contribution is 2.47. The van der Waals surface area contributed by atoms with Crippen molar-refractivity contribution in [1.29, 1.82) is 0 Å². The third-order valence-corrected chi connectivity index (χ3v) is 5.42. The van der Waals surface area contributed by atoms with Gasteiger partial charge in [0.15, 0.2) is 0 Å². The summed E-state index contributed by atoms with van der Waals surface area (Å²) in [6.45, 7) is 2.37. The van der Waals surface area contributed by atoms with E-state index >= 15 is 0 Å². The maximum Gasteiger partial charge on any atom is 0.224 e. The number of anilines is 1. The zero-order valence-electron chi connectivity index (χ0n) is 14.1. The molecule has 1 fully saturated rings. The number of carbonyl (C=O) groups is 1. The second kappa shape index (κ2) is 6.32. The van der Waals surface area contributed by atoms with Gasteiger partial charge in [-0.25, -0.2) is 0 Å². The number of halogens is 1. The summed E-state index contributed by atoms with van der Waals surface area (Å²) < 4.78 is 0. The molecule has 0 saturated heterocycles. The van der Waals surface area contributed by atoms with Crippen molar-refractivity contribution in [3.63, 3.8) is 0 Å². The molecule has 1 amide bonds. The maximum atomic E-state index is 12.3. The van der Waals surface area contributed by atoms with Crippen molar-refractivity contribution in [2.75, 3.05) is 11.5 Å². The average Bonchev–Trinajstić information content (AvgIpc) is 3.36. The number of amides is 1. The van der Waals surface area contributed by atoms with E-state index in [-0.39, 0.29) is 12.5 Å². The Morgan fingerprint density at radius 3 is 2.72 bits per heavy atom. The van der Waals surface area contributed by atoms with E-state index in [0.29, 0.717) is 23.4 Å². The third kappa shape index (κ3) is 3.10. The Kier molecular flexibility index (Phi) is 4.14. The summed E-state index contributed by atoms with van der Waals surface area (Å²) >= 11 is 6.13. The van der Waals surface area contributed by atoms with Gasteiger partial charge in [0.1, 0.15) is 0 Å². The van der Waals surface area contributed by atoms with Crippen molar-refractivity contribution in [2.45, 2.75) is 25.8 Å². The summed E-state index contributed by atoms with van der Waals surface area (Å²) in [6, 6.07) is 12.1. The molecule has 0 radical (unpaired) electrons. The fourth-order valence-electron chi connectivity index (χ4n) is 3.63. The molecule has 2 atom stereocenters. The van der Waals surface area contributed by atoms with Crippen LogP contribution >= 0.6 is 11.6 Å². The van der Waals surface area contributed by atoms with E-state index in [1.165, 1.54) is 5.56 Å². The van der Waals surface area contributed by atoms with Crippen LogP contribution in [0.1, 0.15) is 41.5 Å². The van der Waals surface area contributed by atoms with Gasteiger partial charge in [-0.15, -0.1) is 0 Å². The molecule has 1 aliphatic carbocycles. The minimum absolute atomic E-state index is 0.00915. The number of rotatable bonds is 2. The number of hydrogen-bond acceptors (Lipinski definition) is 2. The Balaban J connectivity index is 1.78. The zero-order valence-corrected chi connectivity index (χ0v) is 14.8. The second-order valence-electron chi connectivity index (χ2n) is 6.88. The van der Waals surface area contributed by atoms with Crippen LogP contribution in [0.15, 0.2) is 36.4 Å². The number of carbonyl (C=O) groups excluding carboxylic acids is 1. The number of hydrogen-bond donors (Lipinski definition) is 1. The lowest BCUT2D eigenvalue weighted by molar-refractivity contribution is -0.116. The van der Waals surface area contributed by atoms with Gasteiger partial charge < -0.3 is 10.0 Å². The molecule has 4 rings (SSSR count). The fourth-order valence-corrected chi connectivity index (χ4v) is 3.81. The van der Waals surface area contributed by atoms with E-state index in [9.17, 15) is 9.90 Å². The Morgan fingerprint density at radius 2 is 2.00 bits per heavy atom. The van der Waals surface area contributed by atoms with Crippen LogP contribution in [-0.2, 0) is 11.3 Å². The molecule has 0 unspecified atom stereocenters. The van der Waals surface area contributed by atoms with Crippen LogP contribution in [-0.4, -0.2) is 17.6 Å². The topological polar surface area (TPSA) is 40.5 Å². The van der Waals surface area contributed by atoms with Gasteiger partial charge in [0.25, 0.3) is 0 Å². The molecule has 0 aromatic heterocycles. The van der Waals surface area contributed by atoms with Crippen LogP contribution in [0.5, 0.6) is 0 Å². The first-order valence-corrected chi connectivity index (χ1v) is 8.94. The van der Waals surface area contributed by atoms with Crippen LogP contribution in [0.4, 0.5) is 5.69 Å². The van der Waals surface area contributed by atoms with Crippen molar-refractivity contribution in [1.82, 2.24) is 0 Å². The van der Waals surface area contributed by atoms with Crippen molar-refractivity contribution >= 4 is 35.3 Å². The van der Waals surface area contributed by atoms with Crippen molar-refractivity contribution in [3.8, 4) is 0 Å². The third-order valence-electron chi connectivity index (χ3n) is 5.18. The summed E-state index contributed by atoms with van der Waals surface area (Å²) in [6.07, 6.45) is 5.15. The molecule has 0 bridgehead atoms. The highest BCUT2D eigenvalue weighted by atomic mass is 35.5. The Labute approximate surface area is 152 Å². The second-order valence-corrected chi connectivity index (χ2v) is 7.32. The molecule has 1 saturated carbocycles. The standard InChI is InChI=1S/C21H20ClNO2/c1-13(25)23-11-17-8-15(20-10-18(20)12-24)4-2-14(17)3-5-16-9-19(22)6-7-21(16)23/h2-9,18,20,24H,10-12H2,1H3/t18-,20+/m1/s1. The summed E-state index contributed by atoms with van der Waals surface area (Å²) in [4.78, 5) is 14.1. The number of nitrogens with zero attached hydrogens (tertiary/aromatic N) is 1. The molecule has 128 valence electrons. The lowest BCUT2D eigenvalue weighted by Crippen LogP contribution is -2.29. The van der Waals surface area contributed by atoms with Gasteiger partial charge in [0.2, 0.25) is 5.91 Å². The summed E-state index contributed by atoms with van der Waals surface area (Å²) in [5.74, 6) is 0.838. The minimum atomic E-state index is 0.00915. The van der Waals surface area contributed by atoms with Gasteiger partial charge in [0.05, 0.1) is 12.2 Å². The van der Waals surface area contributed by atoms with Gasteiger partial charge in [-0.1, -0.05) is 42.0 Å². The van der Waals surface area contributed by atoms with E-state index in [2.05, 4.69) is 24.3 Å². The van der Waals surface area contributed by atoms with Crippen LogP contribution in [0.2, 0.25) is 5.02 Å². The molecule has 3 nitrogen and oxygen atoms in total. The molecule has 2 aromatic carbocycles. The van der Waals surface area contributed by atoms with Gasteiger partial charge in [-0.2, -0.15) is 0 Å². The first kappa shape index (κ1) is 16.4. The molecule has 0 spiro atoms. The number of aliphatic hydroxyl groups excluding tert-OH is 1.